The molecule has 0 fully saturated rings. The van der Waals surface area contributed by atoms with E-state index in [1.807, 2.05) is 20.8 Å². The van der Waals surface area contributed by atoms with Crippen LogP contribution in [0.3, 0.4) is 0 Å². The van der Waals surface area contributed by atoms with Gasteiger partial charge in [0.1, 0.15) is 5.75 Å². The topological polar surface area (TPSA) is 55.8 Å². The summed E-state index contributed by atoms with van der Waals surface area (Å²) in [6.45, 7) is 6.04. The van der Waals surface area contributed by atoms with E-state index in [9.17, 15) is 9.90 Å². The van der Waals surface area contributed by atoms with Gasteiger partial charge in [-0.15, -0.1) is 0 Å². The van der Waals surface area contributed by atoms with Crippen molar-refractivity contribution in [2.45, 2.75) is 32.3 Å². The van der Waals surface area contributed by atoms with E-state index < -0.39 is 12.1 Å². The molecule has 0 aromatic heterocycles. The Morgan fingerprint density at radius 1 is 1.32 bits per heavy atom. The van der Waals surface area contributed by atoms with Gasteiger partial charge in [-0.05, 0) is 23.1 Å². The largest absolute Gasteiger partial charge is 0.495 e. The van der Waals surface area contributed by atoms with Crippen molar-refractivity contribution in [2.75, 3.05) is 14.2 Å². The Kier molecular flexibility index (Phi) is 4.82. The number of hydrogen-bond acceptors (Lipinski definition) is 4. The molecule has 4 nitrogen and oxygen atoms in total. The SMILES string of the molecule is COC(=O)C(O)c1cc(C(C)(C)C)cc(Cl)c1OC. The average molecular weight is 287 g/mol. The molecule has 0 heterocycles. The van der Waals surface area contributed by atoms with Crippen LogP contribution in [-0.4, -0.2) is 25.3 Å². The van der Waals surface area contributed by atoms with Crippen molar-refractivity contribution >= 4 is 17.6 Å². The van der Waals surface area contributed by atoms with E-state index >= 15 is 0 Å². The van der Waals surface area contributed by atoms with Gasteiger partial charge in [-0.2, -0.15) is 0 Å². The van der Waals surface area contributed by atoms with Crippen LogP contribution < -0.4 is 4.74 Å². The molecule has 1 atom stereocenters. The highest BCUT2D eigenvalue weighted by Gasteiger charge is 2.26. The maximum atomic E-state index is 11.5. The predicted octanol–water partition coefficient (Wildman–Crippen LogP) is 2.85. The number of esters is 1. The van der Waals surface area contributed by atoms with Crippen molar-refractivity contribution in [1.82, 2.24) is 0 Å². The molecule has 0 saturated heterocycles. The lowest BCUT2D eigenvalue weighted by molar-refractivity contribution is -0.150. The quantitative estimate of drug-likeness (QED) is 0.868. The number of methoxy groups -OCH3 is 2. The number of ether oxygens (including phenoxy) is 2. The van der Waals surface area contributed by atoms with Gasteiger partial charge in [0.25, 0.3) is 0 Å². The molecule has 0 bridgehead atoms. The highest BCUT2D eigenvalue weighted by Crippen LogP contribution is 2.37. The Hall–Kier alpha value is -1.26. The minimum atomic E-state index is -1.42. The van der Waals surface area contributed by atoms with Crippen LogP contribution in [0.25, 0.3) is 0 Å². The van der Waals surface area contributed by atoms with Gasteiger partial charge in [0.05, 0.1) is 19.2 Å². The summed E-state index contributed by atoms with van der Waals surface area (Å²) in [6, 6.07) is 3.49. The average Bonchev–Trinajstić information content (AvgIpc) is 2.34. The summed E-state index contributed by atoms with van der Waals surface area (Å²) >= 11 is 6.14. The maximum absolute atomic E-state index is 11.5. The molecule has 0 radical (unpaired) electrons. The van der Waals surface area contributed by atoms with Crippen LogP contribution in [0.15, 0.2) is 12.1 Å². The van der Waals surface area contributed by atoms with Gasteiger partial charge < -0.3 is 14.6 Å². The number of hydrogen-bond donors (Lipinski definition) is 1. The first-order valence-corrected chi connectivity index (χ1v) is 6.24. The maximum Gasteiger partial charge on any atom is 0.339 e. The molecule has 1 rings (SSSR count). The van der Waals surface area contributed by atoms with Crippen LogP contribution in [0.5, 0.6) is 5.75 Å². The zero-order valence-corrected chi connectivity index (χ0v) is 12.5. The van der Waals surface area contributed by atoms with Crippen LogP contribution in [-0.2, 0) is 14.9 Å². The number of aliphatic hydroxyl groups is 1. The number of carbonyl (C=O) groups is 1. The summed E-state index contributed by atoms with van der Waals surface area (Å²) in [5.41, 5.74) is 1.04. The fourth-order valence-electron chi connectivity index (χ4n) is 1.70. The lowest BCUT2D eigenvalue weighted by atomic mass is 9.85. The zero-order chi connectivity index (χ0) is 14.8. The molecule has 1 N–H and O–H groups in total. The molecule has 0 aliphatic rings. The van der Waals surface area contributed by atoms with Crippen LogP contribution in [0.2, 0.25) is 5.02 Å². The molecule has 0 spiro atoms. The summed E-state index contributed by atoms with van der Waals surface area (Å²) in [4.78, 5) is 11.5. The molecule has 5 heteroatoms. The first-order chi connectivity index (χ1) is 8.72. The molecule has 1 unspecified atom stereocenters. The molecule has 19 heavy (non-hydrogen) atoms. The van der Waals surface area contributed by atoms with Crippen LogP contribution in [0.1, 0.15) is 38.0 Å². The minimum absolute atomic E-state index is 0.166. The zero-order valence-electron chi connectivity index (χ0n) is 11.8. The number of carbonyl (C=O) groups excluding carboxylic acids is 1. The van der Waals surface area contributed by atoms with Crippen LogP contribution >= 0.6 is 11.6 Å². The lowest BCUT2D eigenvalue weighted by Gasteiger charge is -2.23. The van der Waals surface area contributed by atoms with Gasteiger partial charge in [-0.1, -0.05) is 32.4 Å². The summed E-state index contributed by atoms with van der Waals surface area (Å²) < 4.78 is 9.70. The van der Waals surface area contributed by atoms with E-state index in [1.165, 1.54) is 14.2 Å². The lowest BCUT2D eigenvalue weighted by Crippen LogP contribution is -2.17. The van der Waals surface area contributed by atoms with Gasteiger partial charge >= 0.3 is 5.97 Å². The number of benzene rings is 1. The summed E-state index contributed by atoms with van der Waals surface area (Å²) in [5, 5.41) is 10.4. The molecular formula is C14H19ClO4. The Labute approximate surface area is 118 Å². The Morgan fingerprint density at radius 2 is 1.89 bits per heavy atom. The third kappa shape index (κ3) is 3.39. The molecular weight excluding hydrogens is 268 g/mol. The summed E-state index contributed by atoms with van der Waals surface area (Å²) in [6.07, 6.45) is -1.42. The normalized spacial score (nSPS) is 13.0. The van der Waals surface area contributed by atoms with E-state index in [1.54, 1.807) is 12.1 Å². The van der Waals surface area contributed by atoms with Crippen molar-refractivity contribution in [1.29, 1.82) is 0 Å². The fourth-order valence-corrected chi connectivity index (χ4v) is 2.01. The van der Waals surface area contributed by atoms with Crippen LogP contribution in [0.4, 0.5) is 0 Å². The Morgan fingerprint density at radius 3 is 2.32 bits per heavy atom. The van der Waals surface area contributed by atoms with Crippen molar-refractivity contribution < 1.29 is 19.4 Å². The van der Waals surface area contributed by atoms with E-state index in [-0.39, 0.29) is 11.2 Å². The third-order valence-corrected chi connectivity index (χ3v) is 3.14. The van der Waals surface area contributed by atoms with Crippen molar-refractivity contribution in [3.8, 4) is 5.75 Å². The molecule has 0 saturated carbocycles. The number of aliphatic hydroxyl groups excluding tert-OH is 1. The van der Waals surface area contributed by atoms with Crippen molar-refractivity contribution in [3.63, 3.8) is 0 Å². The van der Waals surface area contributed by atoms with E-state index in [0.29, 0.717) is 10.6 Å². The number of rotatable bonds is 3. The molecule has 1 aromatic carbocycles. The third-order valence-electron chi connectivity index (χ3n) is 2.86. The van der Waals surface area contributed by atoms with Gasteiger partial charge in [0.15, 0.2) is 6.10 Å². The smallest absolute Gasteiger partial charge is 0.339 e. The minimum Gasteiger partial charge on any atom is -0.495 e. The second kappa shape index (κ2) is 5.80. The predicted molar refractivity (Wildman–Crippen MR) is 73.7 cm³/mol. The molecule has 0 aliphatic heterocycles. The van der Waals surface area contributed by atoms with E-state index in [0.717, 1.165) is 5.56 Å². The highest BCUT2D eigenvalue weighted by atomic mass is 35.5. The van der Waals surface area contributed by atoms with Gasteiger partial charge in [0, 0.05) is 5.56 Å². The number of halogens is 1. The van der Waals surface area contributed by atoms with Gasteiger partial charge in [0.2, 0.25) is 0 Å². The van der Waals surface area contributed by atoms with Gasteiger partial charge in [-0.25, -0.2) is 4.79 Å². The van der Waals surface area contributed by atoms with Crippen molar-refractivity contribution in [3.05, 3.63) is 28.3 Å². The summed E-state index contributed by atoms with van der Waals surface area (Å²) in [5.74, 6) is -0.465. The van der Waals surface area contributed by atoms with Crippen molar-refractivity contribution in [2.24, 2.45) is 0 Å². The monoisotopic (exact) mass is 286 g/mol. The first kappa shape index (κ1) is 15.8. The Bertz CT molecular complexity index is 477. The molecule has 1 aromatic rings. The van der Waals surface area contributed by atoms with Gasteiger partial charge in [-0.3, -0.25) is 0 Å². The fraction of sp³-hybridized carbons (Fsp3) is 0.500. The standard InChI is InChI=1S/C14H19ClO4/c1-14(2,3)8-6-9(11(16)13(17)19-5)12(18-4)10(15)7-8/h6-7,11,16H,1-5H3. The second-order valence-corrected chi connectivity index (χ2v) is 5.66. The summed E-state index contributed by atoms with van der Waals surface area (Å²) in [7, 11) is 2.65. The second-order valence-electron chi connectivity index (χ2n) is 5.26. The molecule has 106 valence electrons. The Balaban J connectivity index is 3.43. The van der Waals surface area contributed by atoms with Crippen LogP contribution in [0, 0.1) is 0 Å². The molecule has 0 amide bonds. The van der Waals surface area contributed by atoms with E-state index in [4.69, 9.17) is 16.3 Å². The molecule has 0 aliphatic carbocycles. The highest BCUT2D eigenvalue weighted by molar-refractivity contribution is 6.32. The van der Waals surface area contributed by atoms with E-state index in [2.05, 4.69) is 4.74 Å². The first-order valence-electron chi connectivity index (χ1n) is 5.86.